The molecule has 4 saturated carbocycles. The van der Waals surface area contributed by atoms with Gasteiger partial charge in [0.15, 0.2) is 11.6 Å². The van der Waals surface area contributed by atoms with E-state index in [1.807, 2.05) is 18.2 Å². The molecule has 4 heterocycles. The fourth-order valence-corrected chi connectivity index (χ4v) is 9.33. The van der Waals surface area contributed by atoms with Gasteiger partial charge in [-0.1, -0.05) is 11.6 Å². The third-order valence-corrected chi connectivity index (χ3v) is 11.4. The van der Waals surface area contributed by atoms with Crippen molar-refractivity contribution in [2.24, 2.45) is 16.2 Å². The van der Waals surface area contributed by atoms with Crippen molar-refractivity contribution in [2.75, 3.05) is 18.0 Å². The average Bonchev–Trinajstić information content (AvgIpc) is 3.53. The summed E-state index contributed by atoms with van der Waals surface area (Å²) in [7, 11) is 0. The van der Waals surface area contributed by atoms with Gasteiger partial charge in [-0.3, -0.25) is 9.47 Å². The van der Waals surface area contributed by atoms with Crippen molar-refractivity contribution in [3.05, 3.63) is 58.1 Å². The van der Waals surface area contributed by atoms with E-state index in [9.17, 15) is 17.6 Å². The summed E-state index contributed by atoms with van der Waals surface area (Å²) in [5.74, 6) is 2.08. The molecule has 7 nitrogen and oxygen atoms in total. The van der Waals surface area contributed by atoms with E-state index in [-0.39, 0.29) is 24.2 Å². The van der Waals surface area contributed by atoms with Crippen LogP contribution in [0.15, 0.2) is 24.4 Å². The van der Waals surface area contributed by atoms with E-state index in [0.29, 0.717) is 36.2 Å². The summed E-state index contributed by atoms with van der Waals surface area (Å²) in [6, 6.07) is 5.79. The molecule has 3 unspecified atom stereocenters. The minimum absolute atomic E-state index is 0.153. The first-order valence-electron chi connectivity index (χ1n) is 13.8. The van der Waals surface area contributed by atoms with Gasteiger partial charge in [0.05, 0.1) is 29.5 Å². The van der Waals surface area contributed by atoms with Gasteiger partial charge in [-0.15, -0.1) is 10.2 Å². The maximum Gasteiger partial charge on any atom is 0.395 e. The highest BCUT2D eigenvalue weighted by molar-refractivity contribution is 6.30. The lowest BCUT2D eigenvalue weighted by Gasteiger charge is -2.58. The Hall–Kier alpha value is -2.79. The molecule has 2 spiro atoms. The lowest BCUT2D eigenvalue weighted by atomic mass is 9.57. The van der Waals surface area contributed by atoms with Crippen LogP contribution in [0.1, 0.15) is 60.9 Å². The first kappa shape index (κ1) is 23.9. The highest BCUT2D eigenvalue weighted by Crippen LogP contribution is 3.00. The van der Waals surface area contributed by atoms with Gasteiger partial charge >= 0.3 is 6.18 Å². The molecule has 208 valence electrons. The largest absolute Gasteiger partial charge is 0.395 e. The number of benzene rings is 1. The fourth-order valence-electron chi connectivity index (χ4n) is 9.14. The number of anilines is 1. The molecule has 3 atom stereocenters. The Labute approximate surface area is 232 Å². The molecule has 0 amide bonds. The zero-order valence-electron chi connectivity index (χ0n) is 21.8. The predicted molar refractivity (Wildman–Crippen MR) is 136 cm³/mol. The molecule has 12 heteroatoms. The minimum atomic E-state index is -4.13. The average molecular weight is 572 g/mol. The normalized spacial score (nSPS) is 33.1. The first-order valence-corrected chi connectivity index (χ1v) is 14.2. The van der Waals surface area contributed by atoms with Gasteiger partial charge in [0.2, 0.25) is 5.95 Å². The standard InChI is InChI=1S/C28H26ClF4N7/c1-15-19(30)7-34-23(35-15)38-13-24(14-38)5-17(6-24)22-37-36-21-9-39(8-16-4-18(29)2-3-20(16)40(21)22)27-11-25(27)10-26(25,12-27)28(31,32)33/h2-4,7,17H,5-6,8-14H2,1H3. The summed E-state index contributed by atoms with van der Waals surface area (Å²) in [5.41, 5.74) is -0.0192. The molecule has 2 aliphatic heterocycles. The second-order valence-electron chi connectivity index (χ2n) is 13.2. The van der Waals surface area contributed by atoms with Gasteiger partial charge in [0.25, 0.3) is 0 Å². The van der Waals surface area contributed by atoms with Gasteiger partial charge in [-0.25, -0.2) is 14.4 Å². The Bertz CT molecular complexity index is 1620. The molecular weight excluding hydrogens is 546 g/mol. The van der Waals surface area contributed by atoms with Crippen LogP contribution in [-0.2, 0) is 13.1 Å². The molecule has 5 fully saturated rings. The topological polar surface area (TPSA) is 63.0 Å². The molecule has 3 aromatic rings. The lowest BCUT2D eigenvalue weighted by Crippen LogP contribution is -2.62. The maximum absolute atomic E-state index is 13.8. The van der Waals surface area contributed by atoms with Gasteiger partial charge in [-0.05, 0) is 62.8 Å². The van der Waals surface area contributed by atoms with Crippen LogP contribution in [0, 0.1) is 29.0 Å². The number of hydrogen-bond donors (Lipinski definition) is 0. The molecule has 2 aromatic heterocycles. The molecule has 9 rings (SSSR count). The number of fused-ring (bicyclic) bond motifs is 3. The van der Waals surface area contributed by atoms with E-state index < -0.39 is 28.4 Å². The van der Waals surface area contributed by atoms with E-state index in [0.717, 1.165) is 48.8 Å². The zero-order chi connectivity index (χ0) is 27.4. The highest BCUT2D eigenvalue weighted by atomic mass is 35.5. The Morgan fingerprint density at radius 1 is 1.05 bits per heavy atom. The summed E-state index contributed by atoms with van der Waals surface area (Å²) in [6.07, 6.45) is 0.0414. The smallest absolute Gasteiger partial charge is 0.340 e. The lowest BCUT2D eigenvalue weighted by molar-refractivity contribution is -0.220. The van der Waals surface area contributed by atoms with Crippen molar-refractivity contribution < 1.29 is 17.6 Å². The molecule has 0 N–H and O–H groups in total. The van der Waals surface area contributed by atoms with Crippen molar-refractivity contribution in [3.63, 3.8) is 0 Å². The second-order valence-corrected chi connectivity index (χ2v) is 13.7. The predicted octanol–water partition coefficient (Wildman–Crippen LogP) is 5.34. The van der Waals surface area contributed by atoms with Crippen LogP contribution < -0.4 is 4.90 Å². The molecule has 6 aliphatic rings. The molecule has 1 saturated heterocycles. The minimum Gasteiger partial charge on any atom is -0.340 e. The van der Waals surface area contributed by atoms with Crippen LogP contribution in [-0.4, -0.2) is 54.4 Å². The molecule has 4 aliphatic carbocycles. The third kappa shape index (κ3) is 2.71. The van der Waals surface area contributed by atoms with Crippen LogP contribution in [0.4, 0.5) is 23.5 Å². The van der Waals surface area contributed by atoms with Crippen molar-refractivity contribution in [2.45, 2.75) is 69.8 Å². The summed E-state index contributed by atoms with van der Waals surface area (Å²) in [4.78, 5) is 12.8. The number of rotatable bonds is 3. The quantitative estimate of drug-likeness (QED) is 0.395. The maximum atomic E-state index is 13.8. The summed E-state index contributed by atoms with van der Waals surface area (Å²) in [6.45, 7) is 4.31. The van der Waals surface area contributed by atoms with Gasteiger partial charge in [-0.2, -0.15) is 13.2 Å². The summed E-state index contributed by atoms with van der Waals surface area (Å²) in [5, 5.41) is 9.87. The third-order valence-electron chi connectivity index (χ3n) is 11.2. The summed E-state index contributed by atoms with van der Waals surface area (Å²) >= 11 is 6.41. The van der Waals surface area contributed by atoms with Gasteiger partial charge in [0.1, 0.15) is 5.82 Å². The molecule has 1 aromatic carbocycles. The number of aromatic nitrogens is 5. The molecule has 0 radical (unpaired) electrons. The van der Waals surface area contributed by atoms with Gasteiger partial charge in [0, 0.05) is 46.9 Å². The number of aryl methyl sites for hydroxylation is 1. The van der Waals surface area contributed by atoms with Crippen molar-refractivity contribution >= 4 is 17.5 Å². The number of nitrogens with zero attached hydrogens (tertiary/aromatic N) is 7. The van der Waals surface area contributed by atoms with Crippen molar-refractivity contribution in [1.29, 1.82) is 0 Å². The number of halogens is 5. The monoisotopic (exact) mass is 571 g/mol. The molecular formula is C28H26ClF4N7. The SMILES string of the molecule is Cc1nc(N2CC3(CC(c4nnc5n4-c4ccc(Cl)cc4CN(C46CC7(C(F)(F)F)CC47C6)C5)C3)C2)ncc1F. The second kappa shape index (κ2) is 6.98. The summed E-state index contributed by atoms with van der Waals surface area (Å²) < 4.78 is 57.3. The Balaban J connectivity index is 0.985. The number of hydrogen-bond acceptors (Lipinski definition) is 6. The van der Waals surface area contributed by atoms with E-state index in [1.54, 1.807) is 6.92 Å². The van der Waals surface area contributed by atoms with Crippen LogP contribution in [0.2, 0.25) is 5.02 Å². The first-order chi connectivity index (χ1) is 19.0. The fraction of sp³-hybridized carbons (Fsp3) is 0.571. The Morgan fingerprint density at radius 3 is 2.55 bits per heavy atom. The van der Waals surface area contributed by atoms with E-state index in [2.05, 4.69) is 34.5 Å². The van der Waals surface area contributed by atoms with Crippen LogP contribution in [0.5, 0.6) is 0 Å². The zero-order valence-corrected chi connectivity index (χ0v) is 22.5. The van der Waals surface area contributed by atoms with E-state index >= 15 is 0 Å². The van der Waals surface area contributed by atoms with Crippen LogP contribution in [0.3, 0.4) is 0 Å². The van der Waals surface area contributed by atoms with Gasteiger partial charge < -0.3 is 4.90 Å². The highest BCUT2D eigenvalue weighted by Gasteiger charge is 3.03. The van der Waals surface area contributed by atoms with Crippen LogP contribution >= 0.6 is 11.6 Å². The van der Waals surface area contributed by atoms with Crippen molar-refractivity contribution in [3.8, 4) is 5.69 Å². The van der Waals surface area contributed by atoms with Crippen LogP contribution in [0.25, 0.3) is 5.69 Å². The Morgan fingerprint density at radius 2 is 1.85 bits per heavy atom. The molecule has 0 bridgehead atoms. The Kier molecular flexibility index (Phi) is 4.16. The van der Waals surface area contributed by atoms with E-state index in [4.69, 9.17) is 11.6 Å². The van der Waals surface area contributed by atoms with Crippen molar-refractivity contribution in [1.82, 2.24) is 29.6 Å². The number of alkyl halides is 3. The molecule has 40 heavy (non-hydrogen) atoms. The van der Waals surface area contributed by atoms with E-state index in [1.165, 1.54) is 6.20 Å².